The maximum atomic E-state index is 11.6. The lowest BCUT2D eigenvalue weighted by molar-refractivity contribution is 0.0602. The quantitative estimate of drug-likeness (QED) is 0.622. The Hall–Kier alpha value is -1.79. The molecule has 6 heteroatoms. The van der Waals surface area contributed by atoms with Gasteiger partial charge in [-0.3, -0.25) is 0 Å². The molecular weight excluding hydrogens is 248 g/mol. The largest absolute Gasteiger partial charge is 0.465 e. The summed E-state index contributed by atoms with van der Waals surface area (Å²) in [5.74, 6) is -0.452. The summed E-state index contributed by atoms with van der Waals surface area (Å²) in [5.41, 5.74) is 7.38. The number of para-hydroxylation sites is 1. The standard InChI is InChI=1S/C13H18N2O4/c1-17-11-7-19-6-10(11)15-9-5-3-4-8(12(9)14)13(16)18-2/h3-5,10-11,15H,6-7,14H2,1-2H3/t10-,11+/m1/s1. The molecule has 1 fully saturated rings. The van der Waals surface area contributed by atoms with Crippen LogP contribution in [0, 0.1) is 0 Å². The number of hydrogen-bond donors (Lipinski definition) is 2. The highest BCUT2D eigenvalue weighted by Gasteiger charge is 2.28. The molecule has 3 N–H and O–H groups in total. The van der Waals surface area contributed by atoms with E-state index in [9.17, 15) is 4.79 Å². The number of esters is 1. The van der Waals surface area contributed by atoms with Crippen LogP contribution in [0.25, 0.3) is 0 Å². The highest BCUT2D eigenvalue weighted by molar-refractivity contribution is 5.98. The first-order valence-electron chi connectivity index (χ1n) is 6.01. The van der Waals surface area contributed by atoms with Gasteiger partial charge < -0.3 is 25.3 Å². The maximum absolute atomic E-state index is 11.6. The van der Waals surface area contributed by atoms with Crippen molar-refractivity contribution >= 4 is 17.3 Å². The third-order valence-electron chi connectivity index (χ3n) is 3.18. The van der Waals surface area contributed by atoms with Gasteiger partial charge in [0.2, 0.25) is 0 Å². The van der Waals surface area contributed by atoms with E-state index in [1.165, 1.54) is 7.11 Å². The number of hydrogen-bond acceptors (Lipinski definition) is 6. The lowest BCUT2D eigenvalue weighted by atomic mass is 10.1. The number of nitrogen functional groups attached to an aromatic ring is 1. The molecule has 2 atom stereocenters. The Bertz CT molecular complexity index is 464. The van der Waals surface area contributed by atoms with E-state index < -0.39 is 5.97 Å². The molecule has 1 aliphatic heterocycles. The molecule has 0 amide bonds. The zero-order valence-corrected chi connectivity index (χ0v) is 11.0. The van der Waals surface area contributed by atoms with Crippen molar-refractivity contribution in [2.45, 2.75) is 12.1 Å². The van der Waals surface area contributed by atoms with Gasteiger partial charge in [-0.25, -0.2) is 4.79 Å². The monoisotopic (exact) mass is 266 g/mol. The van der Waals surface area contributed by atoms with Crippen LogP contribution in [0.1, 0.15) is 10.4 Å². The Morgan fingerprint density at radius 1 is 1.42 bits per heavy atom. The van der Waals surface area contributed by atoms with Crippen LogP contribution in [-0.4, -0.2) is 45.5 Å². The van der Waals surface area contributed by atoms with Crippen LogP contribution in [0.15, 0.2) is 18.2 Å². The zero-order chi connectivity index (χ0) is 13.8. The summed E-state index contributed by atoms with van der Waals surface area (Å²) in [6, 6.07) is 5.21. The highest BCUT2D eigenvalue weighted by Crippen LogP contribution is 2.26. The number of carbonyl (C=O) groups is 1. The SMILES string of the molecule is COC(=O)c1cccc(N[C@@H]2COC[C@@H]2OC)c1N. The second-order valence-corrected chi connectivity index (χ2v) is 4.32. The molecule has 0 bridgehead atoms. The first-order valence-corrected chi connectivity index (χ1v) is 6.01. The van der Waals surface area contributed by atoms with Crippen molar-refractivity contribution < 1.29 is 19.0 Å². The van der Waals surface area contributed by atoms with Gasteiger partial charge in [0.15, 0.2) is 0 Å². The number of rotatable bonds is 4. The molecular formula is C13H18N2O4. The van der Waals surface area contributed by atoms with Gasteiger partial charge >= 0.3 is 5.97 Å². The van der Waals surface area contributed by atoms with E-state index in [-0.39, 0.29) is 12.1 Å². The van der Waals surface area contributed by atoms with Crippen LogP contribution in [-0.2, 0) is 14.2 Å². The molecule has 0 radical (unpaired) electrons. The van der Waals surface area contributed by atoms with Gasteiger partial charge in [-0.15, -0.1) is 0 Å². The minimum atomic E-state index is -0.452. The average Bonchev–Trinajstić information content (AvgIpc) is 2.87. The van der Waals surface area contributed by atoms with Crippen LogP contribution in [0.2, 0.25) is 0 Å². The van der Waals surface area contributed by atoms with Crippen LogP contribution in [0.5, 0.6) is 0 Å². The fourth-order valence-electron chi connectivity index (χ4n) is 2.08. The van der Waals surface area contributed by atoms with E-state index in [1.54, 1.807) is 19.2 Å². The molecule has 1 aromatic carbocycles. The van der Waals surface area contributed by atoms with E-state index in [1.807, 2.05) is 6.07 Å². The van der Waals surface area contributed by atoms with Crippen molar-refractivity contribution in [2.24, 2.45) is 0 Å². The lowest BCUT2D eigenvalue weighted by Crippen LogP contribution is -2.33. The second-order valence-electron chi connectivity index (χ2n) is 4.32. The van der Waals surface area contributed by atoms with Crippen LogP contribution < -0.4 is 11.1 Å². The normalized spacial score (nSPS) is 22.2. The zero-order valence-electron chi connectivity index (χ0n) is 11.0. The predicted octanol–water partition coefficient (Wildman–Crippen LogP) is 0.881. The molecule has 6 nitrogen and oxygen atoms in total. The third kappa shape index (κ3) is 2.80. The first-order chi connectivity index (χ1) is 9.17. The molecule has 0 spiro atoms. The fourth-order valence-corrected chi connectivity index (χ4v) is 2.08. The molecule has 1 aromatic rings. The smallest absolute Gasteiger partial charge is 0.340 e. The van der Waals surface area contributed by atoms with Gasteiger partial charge in [0, 0.05) is 7.11 Å². The summed E-state index contributed by atoms with van der Waals surface area (Å²) in [7, 11) is 2.97. The van der Waals surface area contributed by atoms with Crippen molar-refractivity contribution in [3.8, 4) is 0 Å². The molecule has 1 aliphatic rings. The topological polar surface area (TPSA) is 82.8 Å². The van der Waals surface area contributed by atoms with Gasteiger partial charge in [-0.2, -0.15) is 0 Å². The van der Waals surface area contributed by atoms with Crippen molar-refractivity contribution in [3.05, 3.63) is 23.8 Å². The van der Waals surface area contributed by atoms with Crippen molar-refractivity contribution in [3.63, 3.8) is 0 Å². The minimum absolute atomic E-state index is 0.0141. The summed E-state index contributed by atoms with van der Waals surface area (Å²) < 4.78 is 15.4. The molecule has 0 unspecified atom stereocenters. The van der Waals surface area contributed by atoms with Gasteiger partial charge in [0.05, 0.1) is 43.3 Å². The molecule has 0 saturated carbocycles. The number of methoxy groups -OCH3 is 2. The van der Waals surface area contributed by atoms with Crippen molar-refractivity contribution in [1.82, 2.24) is 0 Å². The summed E-state index contributed by atoms with van der Waals surface area (Å²) in [6.45, 7) is 1.09. The summed E-state index contributed by atoms with van der Waals surface area (Å²) in [6.07, 6.45) is -0.0267. The Morgan fingerprint density at radius 3 is 2.89 bits per heavy atom. The van der Waals surface area contributed by atoms with Gasteiger partial charge in [0.25, 0.3) is 0 Å². The lowest BCUT2D eigenvalue weighted by Gasteiger charge is -2.20. The number of nitrogens with one attached hydrogen (secondary N) is 1. The number of carbonyl (C=O) groups excluding carboxylic acids is 1. The molecule has 104 valence electrons. The van der Waals surface area contributed by atoms with E-state index >= 15 is 0 Å². The molecule has 0 aliphatic carbocycles. The number of anilines is 2. The first kappa shape index (κ1) is 13.6. The van der Waals surface area contributed by atoms with Crippen LogP contribution in [0.3, 0.4) is 0 Å². The predicted molar refractivity (Wildman–Crippen MR) is 71.2 cm³/mol. The van der Waals surface area contributed by atoms with E-state index in [2.05, 4.69) is 10.1 Å². The summed E-state index contributed by atoms with van der Waals surface area (Å²) in [5, 5.41) is 3.25. The average molecular weight is 266 g/mol. The van der Waals surface area contributed by atoms with Gasteiger partial charge in [0.1, 0.15) is 6.10 Å². The minimum Gasteiger partial charge on any atom is -0.465 e. The van der Waals surface area contributed by atoms with Gasteiger partial charge in [-0.05, 0) is 12.1 Å². The van der Waals surface area contributed by atoms with E-state index in [0.717, 1.165) is 0 Å². The Morgan fingerprint density at radius 2 is 2.21 bits per heavy atom. The Kier molecular flexibility index (Phi) is 4.24. The third-order valence-corrected chi connectivity index (χ3v) is 3.18. The van der Waals surface area contributed by atoms with Crippen molar-refractivity contribution in [2.75, 3.05) is 38.5 Å². The fraction of sp³-hybridized carbons (Fsp3) is 0.462. The van der Waals surface area contributed by atoms with Crippen molar-refractivity contribution in [1.29, 1.82) is 0 Å². The Labute approximate surface area is 111 Å². The number of nitrogens with two attached hydrogens (primary N) is 1. The summed E-state index contributed by atoms with van der Waals surface area (Å²) >= 11 is 0. The maximum Gasteiger partial charge on any atom is 0.340 e. The number of benzene rings is 1. The molecule has 1 heterocycles. The highest BCUT2D eigenvalue weighted by atomic mass is 16.5. The molecule has 19 heavy (non-hydrogen) atoms. The molecule has 0 aromatic heterocycles. The van der Waals surface area contributed by atoms with E-state index in [0.29, 0.717) is 30.2 Å². The molecule has 1 saturated heterocycles. The Balaban J connectivity index is 2.19. The molecule has 2 rings (SSSR count). The second kappa shape index (κ2) is 5.90. The number of ether oxygens (including phenoxy) is 3. The van der Waals surface area contributed by atoms with Crippen LogP contribution in [0.4, 0.5) is 11.4 Å². The van der Waals surface area contributed by atoms with E-state index in [4.69, 9.17) is 15.2 Å². The van der Waals surface area contributed by atoms with Crippen LogP contribution >= 0.6 is 0 Å². The summed E-state index contributed by atoms with van der Waals surface area (Å²) in [4.78, 5) is 11.6. The van der Waals surface area contributed by atoms with Gasteiger partial charge in [-0.1, -0.05) is 6.07 Å².